The van der Waals surface area contributed by atoms with Crippen LogP contribution in [0.15, 0.2) is 30.3 Å². The van der Waals surface area contributed by atoms with Crippen LogP contribution in [0.3, 0.4) is 0 Å². The predicted molar refractivity (Wildman–Crippen MR) is 91.2 cm³/mol. The number of nitrogens with zero attached hydrogens (tertiary/aromatic N) is 1. The van der Waals surface area contributed by atoms with Crippen molar-refractivity contribution in [3.63, 3.8) is 0 Å². The number of benzene rings is 1. The number of rotatable bonds is 5. The van der Waals surface area contributed by atoms with Crippen LogP contribution in [0.4, 0.5) is 0 Å². The molecule has 1 saturated heterocycles. The highest BCUT2D eigenvalue weighted by atomic mass is 35.5. The van der Waals surface area contributed by atoms with Gasteiger partial charge in [0.05, 0.1) is 0 Å². The molecule has 1 aromatic carbocycles. The van der Waals surface area contributed by atoms with E-state index in [0.717, 1.165) is 24.9 Å². The summed E-state index contributed by atoms with van der Waals surface area (Å²) in [5, 5.41) is 0. The van der Waals surface area contributed by atoms with E-state index in [4.69, 9.17) is 16.2 Å². The molecule has 126 valence electrons. The lowest BCUT2D eigenvalue weighted by atomic mass is 10.1. The Balaban J connectivity index is 0.00000264. The lowest BCUT2D eigenvalue weighted by Gasteiger charge is -2.29. The number of primary amides is 1. The molecule has 0 radical (unpaired) electrons. The van der Waals surface area contributed by atoms with E-state index in [-0.39, 0.29) is 31.0 Å². The summed E-state index contributed by atoms with van der Waals surface area (Å²) in [6.45, 7) is 1.22. The normalized spacial score (nSPS) is 17.6. The first-order valence-corrected chi connectivity index (χ1v) is 7.28. The third-order valence-electron chi connectivity index (χ3n) is 3.45. The van der Waals surface area contributed by atoms with Gasteiger partial charge in [0.25, 0.3) is 5.91 Å². The zero-order chi connectivity index (χ0) is 15.9. The quantitative estimate of drug-likeness (QED) is 0.780. The minimum absolute atomic E-state index is 0. The monoisotopic (exact) mass is 339 g/mol. The number of amides is 2. The molecule has 1 aromatic rings. The number of piperidine rings is 1. The maximum atomic E-state index is 12.1. The molecule has 0 saturated carbocycles. The van der Waals surface area contributed by atoms with E-state index in [1.165, 1.54) is 0 Å². The molecular weight excluding hydrogens is 318 g/mol. The average molecular weight is 340 g/mol. The molecule has 2 rings (SSSR count). The first-order valence-electron chi connectivity index (χ1n) is 7.28. The van der Waals surface area contributed by atoms with Crippen LogP contribution in [-0.4, -0.2) is 42.5 Å². The molecule has 1 aliphatic rings. The van der Waals surface area contributed by atoms with Crippen molar-refractivity contribution < 1.29 is 14.3 Å². The average Bonchev–Trinajstić information content (AvgIpc) is 2.51. The van der Waals surface area contributed by atoms with Crippen molar-refractivity contribution >= 4 is 30.3 Å². The van der Waals surface area contributed by atoms with Crippen molar-refractivity contribution in [1.82, 2.24) is 4.90 Å². The highest BCUT2D eigenvalue weighted by molar-refractivity contribution is 5.91. The Labute approximate surface area is 141 Å². The fourth-order valence-corrected chi connectivity index (χ4v) is 2.31. The maximum absolute atomic E-state index is 12.1. The lowest BCUT2D eigenvalue weighted by molar-refractivity contribution is -0.127. The van der Waals surface area contributed by atoms with E-state index in [1.807, 2.05) is 12.1 Å². The largest absolute Gasteiger partial charge is 0.484 e. The van der Waals surface area contributed by atoms with Crippen molar-refractivity contribution in [3.8, 4) is 5.75 Å². The summed E-state index contributed by atoms with van der Waals surface area (Å²) in [4.78, 5) is 24.5. The molecule has 23 heavy (non-hydrogen) atoms. The van der Waals surface area contributed by atoms with Crippen LogP contribution in [-0.2, 0) is 9.59 Å². The minimum atomic E-state index is -0.519. The van der Waals surface area contributed by atoms with Gasteiger partial charge in [-0.25, -0.2) is 0 Å². The molecule has 0 aromatic heterocycles. The Morgan fingerprint density at radius 2 is 2.00 bits per heavy atom. The number of ether oxygens (including phenoxy) is 1. The van der Waals surface area contributed by atoms with E-state index in [0.29, 0.717) is 12.3 Å². The summed E-state index contributed by atoms with van der Waals surface area (Å²) < 4.78 is 5.17. The fraction of sp³-hybridized carbons (Fsp3) is 0.375. The number of hydrogen-bond acceptors (Lipinski definition) is 4. The molecule has 0 aliphatic carbocycles. The van der Waals surface area contributed by atoms with E-state index >= 15 is 0 Å². The Bertz CT molecular complexity index is 560. The highest BCUT2D eigenvalue weighted by Gasteiger charge is 2.19. The second kappa shape index (κ2) is 9.17. The second-order valence-corrected chi connectivity index (χ2v) is 5.34. The van der Waals surface area contributed by atoms with Crippen LogP contribution >= 0.6 is 12.4 Å². The number of halogens is 1. The molecule has 1 heterocycles. The Morgan fingerprint density at radius 1 is 1.30 bits per heavy atom. The molecule has 1 fully saturated rings. The molecule has 1 unspecified atom stereocenters. The number of nitrogens with two attached hydrogens (primary N) is 2. The van der Waals surface area contributed by atoms with Crippen LogP contribution in [0, 0.1) is 0 Å². The third-order valence-corrected chi connectivity index (χ3v) is 3.45. The molecular formula is C16H22ClN3O3. The van der Waals surface area contributed by atoms with Crippen LogP contribution in [0.1, 0.15) is 18.4 Å². The molecule has 1 aliphatic heterocycles. The second-order valence-electron chi connectivity index (χ2n) is 5.34. The Kier molecular flexibility index (Phi) is 7.57. The van der Waals surface area contributed by atoms with Gasteiger partial charge < -0.3 is 21.1 Å². The van der Waals surface area contributed by atoms with Crippen molar-refractivity contribution in [3.05, 3.63) is 35.9 Å². The van der Waals surface area contributed by atoms with Gasteiger partial charge >= 0.3 is 0 Å². The van der Waals surface area contributed by atoms with E-state index in [9.17, 15) is 9.59 Å². The third kappa shape index (κ3) is 6.30. The van der Waals surface area contributed by atoms with Crippen LogP contribution in [0.2, 0.25) is 0 Å². The number of hydrogen-bond donors (Lipinski definition) is 2. The molecule has 0 spiro atoms. The Morgan fingerprint density at radius 3 is 2.61 bits per heavy atom. The summed E-state index contributed by atoms with van der Waals surface area (Å²) >= 11 is 0. The summed E-state index contributed by atoms with van der Waals surface area (Å²) in [6.07, 6.45) is 5.23. The van der Waals surface area contributed by atoms with Gasteiger partial charge in [-0.05, 0) is 36.6 Å². The summed E-state index contributed by atoms with van der Waals surface area (Å²) in [5.41, 5.74) is 11.8. The molecule has 2 amide bonds. The van der Waals surface area contributed by atoms with Gasteiger partial charge in [-0.2, -0.15) is 0 Å². The molecule has 1 atom stereocenters. The summed E-state index contributed by atoms with van der Waals surface area (Å²) in [7, 11) is 0. The predicted octanol–water partition coefficient (Wildman–Crippen LogP) is 0.935. The van der Waals surface area contributed by atoms with Gasteiger partial charge in [-0.3, -0.25) is 9.59 Å². The maximum Gasteiger partial charge on any atom is 0.255 e. The first kappa shape index (κ1) is 19.0. The van der Waals surface area contributed by atoms with E-state index in [1.54, 1.807) is 29.2 Å². The molecule has 7 heteroatoms. The van der Waals surface area contributed by atoms with Gasteiger partial charge in [0, 0.05) is 25.2 Å². The van der Waals surface area contributed by atoms with Gasteiger partial charge in [0.1, 0.15) is 5.75 Å². The van der Waals surface area contributed by atoms with Gasteiger partial charge in [-0.15, -0.1) is 12.4 Å². The van der Waals surface area contributed by atoms with Crippen LogP contribution in [0.25, 0.3) is 6.08 Å². The standard InChI is InChI=1S/C16H21N3O3.ClH/c17-13-2-1-9-19(10-13)16(21)8-5-12-3-6-14(7-4-12)22-11-15(18)20;/h3-8,13H,1-2,9-11,17H2,(H2,18,20);1H. The fourth-order valence-electron chi connectivity index (χ4n) is 2.31. The Hall–Kier alpha value is -2.05. The smallest absolute Gasteiger partial charge is 0.255 e. The van der Waals surface area contributed by atoms with Gasteiger partial charge in [0.15, 0.2) is 6.61 Å². The SMILES string of the molecule is Cl.NC(=O)COc1ccc(C=CC(=O)N2CCCC(N)C2)cc1. The molecule has 4 N–H and O–H groups in total. The van der Waals surface area contributed by atoms with Crippen molar-refractivity contribution in [1.29, 1.82) is 0 Å². The molecule has 0 bridgehead atoms. The zero-order valence-corrected chi connectivity index (χ0v) is 13.6. The minimum Gasteiger partial charge on any atom is -0.484 e. The summed E-state index contributed by atoms with van der Waals surface area (Å²) in [5.74, 6) is 0.0165. The number of likely N-dealkylation sites (tertiary alicyclic amines) is 1. The molecule has 6 nitrogen and oxygen atoms in total. The first-order chi connectivity index (χ1) is 10.5. The van der Waals surface area contributed by atoms with Crippen LogP contribution < -0.4 is 16.2 Å². The van der Waals surface area contributed by atoms with Crippen molar-refractivity contribution in [2.45, 2.75) is 18.9 Å². The van der Waals surface area contributed by atoms with Crippen molar-refractivity contribution in [2.24, 2.45) is 11.5 Å². The zero-order valence-electron chi connectivity index (χ0n) is 12.8. The van der Waals surface area contributed by atoms with Crippen LogP contribution in [0.5, 0.6) is 5.75 Å². The number of carbonyl (C=O) groups excluding carboxylic acids is 2. The number of carbonyl (C=O) groups is 2. The van der Waals surface area contributed by atoms with E-state index in [2.05, 4.69) is 0 Å². The topological polar surface area (TPSA) is 98.7 Å². The lowest BCUT2D eigenvalue weighted by Crippen LogP contribution is -2.45. The van der Waals surface area contributed by atoms with Crippen molar-refractivity contribution in [2.75, 3.05) is 19.7 Å². The highest BCUT2D eigenvalue weighted by Crippen LogP contribution is 2.14. The van der Waals surface area contributed by atoms with E-state index < -0.39 is 5.91 Å². The summed E-state index contributed by atoms with van der Waals surface area (Å²) in [6, 6.07) is 7.14. The van der Waals surface area contributed by atoms with Gasteiger partial charge in [-0.1, -0.05) is 12.1 Å². The van der Waals surface area contributed by atoms with Gasteiger partial charge in [0.2, 0.25) is 5.91 Å².